The normalized spacial score (nSPS) is 16.8. The number of carbonyl (C=O) groups is 1. The molecule has 11 heteroatoms. The van der Waals surface area contributed by atoms with Gasteiger partial charge in [0.25, 0.3) is 0 Å². The molecule has 5 rings (SSSR count). The molecule has 0 radical (unpaired) electrons. The van der Waals surface area contributed by atoms with Crippen LogP contribution in [0.2, 0.25) is 0 Å². The fourth-order valence-corrected chi connectivity index (χ4v) is 5.37. The maximum Gasteiger partial charge on any atom is 0.229 e. The Kier molecular flexibility index (Phi) is 5.43. The summed E-state index contributed by atoms with van der Waals surface area (Å²) in [5.74, 6) is 0.870. The lowest BCUT2D eigenvalue weighted by molar-refractivity contribution is -0.118. The van der Waals surface area contributed by atoms with Gasteiger partial charge >= 0.3 is 0 Å². The lowest BCUT2D eigenvalue weighted by atomic mass is 10.1. The number of pyridine rings is 1. The summed E-state index contributed by atoms with van der Waals surface area (Å²) in [6, 6.07) is 6.85. The number of nitrogens with one attached hydrogen (secondary N) is 3. The van der Waals surface area contributed by atoms with Crippen LogP contribution in [-0.4, -0.2) is 45.3 Å². The quantitative estimate of drug-likeness (QED) is 0.357. The number of fused-ring (bicyclic) bond motifs is 1. The van der Waals surface area contributed by atoms with E-state index in [0.29, 0.717) is 39.7 Å². The molecule has 1 aliphatic rings. The zero-order valence-electron chi connectivity index (χ0n) is 21.1. The topological polar surface area (TPSA) is 135 Å². The van der Waals surface area contributed by atoms with Gasteiger partial charge in [-0.3, -0.25) is 9.48 Å². The average molecular weight is 508 g/mol. The fourth-order valence-electron chi connectivity index (χ4n) is 4.51. The van der Waals surface area contributed by atoms with Crippen molar-refractivity contribution in [3.63, 3.8) is 0 Å². The molecule has 1 fully saturated rings. The number of anilines is 3. The van der Waals surface area contributed by atoms with Crippen molar-refractivity contribution in [2.24, 2.45) is 18.4 Å². The number of amides is 1. The zero-order chi connectivity index (χ0) is 26.0. The Hall–Kier alpha value is -3.73. The molecule has 4 aromatic rings. The highest BCUT2D eigenvalue weighted by Crippen LogP contribution is 2.52. The third kappa shape index (κ3) is 4.46. The molecule has 1 saturated carbocycles. The molecular formula is C25H29N7O3S. The van der Waals surface area contributed by atoms with Crippen LogP contribution < -0.4 is 10.6 Å². The summed E-state index contributed by atoms with van der Waals surface area (Å²) >= 11 is 0. The predicted octanol–water partition coefficient (Wildman–Crippen LogP) is 4.11. The fraction of sp³-hybridized carbons (Fsp3) is 0.360. The van der Waals surface area contributed by atoms with Crippen molar-refractivity contribution in [2.75, 3.05) is 16.9 Å². The second kappa shape index (κ2) is 8.16. The molecule has 0 saturated heterocycles. The lowest BCUT2D eigenvalue weighted by Gasteiger charge is -2.14. The molecule has 0 aliphatic heterocycles. The Bertz CT molecular complexity index is 1630. The predicted molar refractivity (Wildman–Crippen MR) is 139 cm³/mol. The second-order valence-electron chi connectivity index (χ2n) is 10.3. The number of aromatic amines is 1. The van der Waals surface area contributed by atoms with Gasteiger partial charge in [0.15, 0.2) is 15.5 Å². The molecule has 188 valence electrons. The Morgan fingerprint density at radius 2 is 1.89 bits per heavy atom. The van der Waals surface area contributed by atoms with Crippen molar-refractivity contribution in [3.05, 3.63) is 41.9 Å². The number of carbonyl (C=O) groups excluding carboxylic acids is 1. The number of hydrogen-bond donors (Lipinski definition) is 3. The van der Waals surface area contributed by atoms with Crippen LogP contribution in [0.25, 0.3) is 22.4 Å². The van der Waals surface area contributed by atoms with E-state index in [1.165, 1.54) is 6.26 Å². The first-order valence-electron chi connectivity index (χ1n) is 11.6. The van der Waals surface area contributed by atoms with E-state index in [0.717, 1.165) is 17.7 Å². The summed E-state index contributed by atoms with van der Waals surface area (Å²) in [5.41, 5.74) is 4.30. The van der Waals surface area contributed by atoms with Gasteiger partial charge in [-0.05, 0) is 43.4 Å². The molecule has 1 amide bonds. The van der Waals surface area contributed by atoms with Crippen LogP contribution in [0.4, 0.5) is 17.2 Å². The van der Waals surface area contributed by atoms with E-state index in [-0.39, 0.29) is 22.1 Å². The number of nitrogens with zero attached hydrogens (tertiary/aromatic N) is 4. The molecule has 1 aromatic carbocycles. The van der Waals surface area contributed by atoms with Crippen molar-refractivity contribution in [2.45, 2.75) is 39.0 Å². The molecule has 3 heterocycles. The van der Waals surface area contributed by atoms with Gasteiger partial charge in [-0.2, -0.15) is 5.10 Å². The molecule has 3 aromatic heterocycles. The van der Waals surface area contributed by atoms with Gasteiger partial charge in [-0.1, -0.05) is 19.9 Å². The van der Waals surface area contributed by atoms with Gasteiger partial charge in [0, 0.05) is 37.0 Å². The van der Waals surface area contributed by atoms with Gasteiger partial charge in [0.2, 0.25) is 5.91 Å². The van der Waals surface area contributed by atoms with E-state index in [9.17, 15) is 13.2 Å². The maximum absolute atomic E-state index is 12.8. The SMILES string of the molecule is Cc1nc2c(Nc3ccc(-c4nn(C)cc4C)cc3S(C)(=O)=O)cc(NC(=O)C3CC3(C)C)nc2[nH]1. The number of sulfone groups is 1. The number of benzene rings is 1. The third-order valence-electron chi connectivity index (χ3n) is 6.59. The lowest BCUT2D eigenvalue weighted by Crippen LogP contribution is -2.17. The summed E-state index contributed by atoms with van der Waals surface area (Å²) < 4.78 is 27.3. The Balaban J connectivity index is 1.56. The van der Waals surface area contributed by atoms with E-state index in [1.807, 2.05) is 33.2 Å². The van der Waals surface area contributed by atoms with Crippen LogP contribution in [0.5, 0.6) is 0 Å². The third-order valence-corrected chi connectivity index (χ3v) is 7.73. The van der Waals surface area contributed by atoms with E-state index in [1.54, 1.807) is 22.9 Å². The smallest absolute Gasteiger partial charge is 0.229 e. The number of H-pyrrole nitrogens is 1. The molecule has 0 bridgehead atoms. The monoisotopic (exact) mass is 507 g/mol. The molecule has 1 aliphatic carbocycles. The van der Waals surface area contributed by atoms with E-state index in [2.05, 4.69) is 44.5 Å². The van der Waals surface area contributed by atoms with Gasteiger partial charge in [-0.15, -0.1) is 0 Å². The van der Waals surface area contributed by atoms with Crippen molar-refractivity contribution in [3.8, 4) is 11.3 Å². The Labute approximate surface area is 209 Å². The Morgan fingerprint density at radius 1 is 1.17 bits per heavy atom. The largest absolute Gasteiger partial charge is 0.352 e. The van der Waals surface area contributed by atoms with Crippen LogP contribution in [-0.2, 0) is 21.7 Å². The highest BCUT2D eigenvalue weighted by atomic mass is 32.2. The van der Waals surface area contributed by atoms with Gasteiger partial charge < -0.3 is 15.6 Å². The van der Waals surface area contributed by atoms with Crippen LogP contribution in [0.1, 0.15) is 31.7 Å². The molecule has 36 heavy (non-hydrogen) atoms. The summed E-state index contributed by atoms with van der Waals surface area (Å²) in [6.07, 6.45) is 3.88. The molecule has 3 N–H and O–H groups in total. The van der Waals surface area contributed by atoms with E-state index < -0.39 is 9.84 Å². The molecular weight excluding hydrogens is 478 g/mol. The summed E-state index contributed by atoms with van der Waals surface area (Å²) in [6.45, 7) is 7.85. The first-order valence-corrected chi connectivity index (χ1v) is 13.5. The van der Waals surface area contributed by atoms with Gasteiger partial charge in [0.05, 0.1) is 22.0 Å². The minimum Gasteiger partial charge on any atom is -0.352 e. The number of aromatic nitrogens is 5. The van der Waals surface area contributed by atoms with Gasteiger partial charge in [0.1, 0.15) is 17.2 Å². The standard InChI is InChI=1S/C25H29N7O3S/c1-13-12-32(5)31-21(13)15-7-8-17(19(9-15)36(6,34)35)28-18-10-20(29-23-22(18)26-14(2)27-23)30-24(33)16-11-25(16,3)4/h7-10,12,16H,11H2,1-6H3,(H3,26,27,28,29,30,33). The number of hydrogen-bond acceptors (Lipinski definition) is 7. The van der Waals surface area contributed by atoms with Crippen molar-refractivity contribution >= 4 is 44.1 Å². The van der Waals surface area contributed by atoms with Crippen molar-refractivity contribution in [1.82, 2.24) is 24.7 Å². The Morgan fingerprint density at radius 3 is 2.50 bits per heavy atom. The highest BCUT2D eigenvalue weighted by Gasteiger charge is 2.50. The van der Waals surface area contributed by atoms with Crippen molar-refractivity contribution < 1.29 is 13.2 Å². The van der Waals surface area contributed by atoms with Crippen LogP contribution in [0.15, 0.2) is 35.4 Å². The second-order valence-corrected chi connectivity index (χ2v) is 12.2. The minimum atomic E-state index is -3.59. The van der Waals surface area contributed by atoms with Crippen molar-refractivity contribution in [1.29, 1.82) is 0 Å². The molecule has 0 spiro atoms. The average Bonchev–Trinajstić information content (AvgIpc) is 3.06. The zero-order valence-corrected chi connectivity index (χ0v) is 21.9. The van der Waals surface area contributed by atoms with E-state index in [4.69, 9.17) is 0 Å². The highest BCUT2D eigenvalue weighted by molar-refractivity contribution is 7.90. The summed E-state index contributed by atoms with van der Waals surface area (Å²) in [7, 11) is -1.77. The number of imidazole rings is 1. The first-order chi connectivity index (χ1) is 16.8. The summed E-state index contributed by atoms with van der Waals surface area (Å²) in [5, 5.41) is 10.6. The van der Waals surface area contributed by atoms with Crippen LogP contribution >= 0.6 is 0 Å². The first kappa shape index (κ1) is 24.0. The molecule has 1 atom stereocenters. The van der Waals surface area contributed by atoms with E-state index >= 15 is 0 Å². The van der Waals surface area contributed by atoms with Crippen LogP contribution in [0.3, 0.4) is 0 Å². The van der Waals surface area contributed by atoms with Crippen LogP contribution in [0, 0.1) is 25.2 Å². The number of aryl methyl sites for hydroxylation is 3. The molecule has 10 nitrogen and oxygen atoms in total. The molecule has 1 unspecified atom stereocenters. The summed E-state index contributed by atoms with van der Waals surface area (Å²) in [4.78, 5) is 25.0. The minimum absolute atomic E-state index is 0.0159. The number of rotatable bonds is 6. The van der Waals surface area contributed by atoms with Gasteiger partial charge in [-0.25, -0.2) is 18.4 Å². The maximum atomic E-state index is 12.8.